The minimum Gasteiger partial charge on any atom is -0.490 e. The summed E-state index contributed by atoms with van der Waals surface area (Å²) in [5.41, 5.74) is 2.93. The minimum atomic E-state index is -0.534. The topological polar surface area (TPSA) is 71.3 Å². The maximum atomic E-state index is 12.8. The van der Waals surface area contributed by atoms with Crippen LogP contribution in [-0.4, -0.2) is 12.5 Å². The summed E-state index contributed by atoms with van der Waals surface area (Å²) in [6.07, 6.45) is 1.50. The summed E-state index contributed by atoms with van der Waals surface area (Å²) in [7, 11) is 0. The van der Waals surface area contributed by atoms with E-state index in [2.05, 4.69) is 37.2 Å². The van der Waals surface area contributed by atoms with E-state index in [1.54, 1.807) is 30.3 Å². The fraction of sp³-hybridized carbons (Fsp3) is 0.154. The highest BCUT2D eigenvalue weighted by Gasteiger charge is 2.15. The Kier molecular flexibility index (Phi) is 9.17. The van der Waals surface area contributed by atoms with E-state index in [1.165, 1.54) is 6.08 Å². The minimum absolute atomic E-state index is 0.0638. The summed E-state index contributed by atoms with van der Waals surface area (Å²) < 4.78 is 13.4. The molecule has 5 nitrogen and oxygen atoms in total. The van der Waals surface area contributed by atoms with E-state index in [0.717, 1.165) is 15.6 Å². The Morgan fingerprint density at radius 2 is 1.79 bits per heavy atom. The van der Waals surface area contributed by atoms with Crippen molar-refractivity contribution in [2.75, 3.05) is 11.9 Å². The first-order valence-electron chi connectivity index (χ1n) is 10.3. The van der Waals surface area contributed by atoms with E-state index in [-0.39, 0.29) is 5.57 Å². The quantitative estimate of drug-likeness (QED) is 0.211. The van der Waals surface area contributed by atoms with Gasteiger partial charge in [0.15, 0.2) is 11.5 Å². The summed E-state index contributed by atoms with van der Waals surface area (Å²) in [5, 5.41) is 12.9. The molecule has 1 amide bonds. The van der Waals surface area contributed by atoms with E-state index in [4.69, 9.17) is 21.1 Å². The Bertz CT molecular complexity index is 1270. The van der Waals surface area contributed by atoms with Crippen molar-refractivity contribution in [2.24, 2.45) is 0 Å². The van der Waals surface area contributed by atoms with Gasteiger partial charge in [-0.1, -0.05) is 61.7 Å². The number of carbonyl (C=O) groups is 1. The monoisotopic (exact) mass is 602 g/mol. The number of hydrogen-bond donors (Lipinski definition) is 1. The van der Waals surface area contributed by atoms with E-state index >= 15 is 0 Å². The Balaban J connectivity index is 1.86. The first kappa shape index (κ1) is 25.8. The number of carbonyl (C=O) groups excluding carboxylic acids is 1. The number of nitrogens with zero attached hydrogens (tertiary/aromatic N) is 1. The molecule has 0 aromatic heterocycles. The number of amides is 1. The SMILES string of the molecule is CCOc1cc(/C=C(\C#N)C(=O)Nc2cc(Cl)ccc2C)c(Br)cc1OCc1ccc(Br)cc1. The second-order valence-electron chi connectivity index (χ2n) is 7.25. The maximum absolute atomic E-state index is 12.8. The van der Waals surface area contributed by atoms with Gasteiger partial charge in [-0.3, -0.25) is 4.79 Å². The second-order valence-corrected chi connectivity index (χ2v) is 9.46. The van der Waals surface area contributed by atoms with Crippen LogP contribution >= 0.6 is 43.5 Å². The molecule has 34 heavy (non-hydrogen) atoms. The van der Waals surface area contributed by atoms with Gasteiger partial charge in [0.1, 0.15) is 18.2 Å². The Labute approximate surface area is 220 Å². The maximum Gasteiger partial charge on any atom is 0.266 e. The molecule has 3 aromatic rings. The molecular formula is C26H21Br2ClN2O3. The van der Waals surface area contributed by atoms with Crippen LogP contribution in [0.2, 0.25) is 5.02 Å². The smallest absolute Gasteiger partial charge is 0.266 e. The Hall–Kier alpha value is -2.79. The molecule has 0 saturated heterocycles. The predicted molar refractivity (Wildman–Crippen MR) is 142 cm³/mol. The molecule has 0 bridgehead atoms. The van der Waals surface area contributed by atoms with E-state index in [0.29, 0.717) is 45.5 Å². The van der Waals surface area contributed by atoms with E-state index in [9.17, 15) is 10.1 Å². The summed E-state index contributed by atoms with van der Waals surface area (Å²) in [6.45, 7) is 4.51. The summed E-state index contributed by atoms with van der Waals surface area (Å²) in [6, 6.07) is 18.5. The lowest BCUT2D eigenvalue weighted by Gasteiger charge is -2.14. The molecule has 8 heteroatoms. The third-order valence-corrected chi connectivity index (χ3v) is 6.23. The number of anilines is 1. The molecule has 3 aromatic carbocycles. The van der Waals surface area contributed by atoms with Crippen molar-refractivity contribution < 1.29 is 14.3 Å². The van der Waals surface area contributed by atoms with E-state index < -0.39 is 5.91 Å². The van der Waals surface area contributed by atoms with Crippen LogP contribution in [0.4, 0.5) is 5.69 Å². The lowest BCUT2D eigenvalue weighted by Crippen LogP contribution is -2.14. The molecule has 0 fully saturated rings. The lowest BCUT2D eigenvalue weighted by molar-refractivity contribution is -0.112. The van der Waals surface area contributed by atoms with Crippen molar-refractivity contribution in [3.05, 3.63) is 90.8 Å². The number of nitriles is 1. The number of benzene rings is 3. The van der Waals surface area contributed by atoms with E-state index in [1.807, 2.05) is 44.2 Å². The van der Waals surface area contributed by atoms with Crippen LogP contribution in [0, 0.1) is 18.3 Å². The Morgan fingerprint density at radius 3 is 2.47 bits per heavy atom. The molecule has 0 radical (unpaired) electrons. The van der Waals surface area contributed by atoms with Gasteiger partial charge in [-0.25, -0.2) is 0 Å². The first-order valence-corrected chi connectivity index (χ1v) is 12.3. The third kappa shape index (κ3) is 6.86. The van der Waals surface area contributed by atoms with Crippen LogP contribution < -0.4 is 14.8 Å². The average Bonchev–Trinajstić information content (AvgIpc) is 2.81. The van der Waals surface area contributed by atoms with Gasteiger partial charge in [0.25, 0.3) is 5.91 Å². The second kappa shape index (κ2) is 12.1. The fourth-order valence-corrected chi connectivity index (χ4v) is 3.88. The average molecular weight is 605 g/mol. The zero-order valence-corrected chi connectivity index (χ0v) is 22.4. The molecule has 174 valence electrons. The fourth-order valence-electron chi connectivity index (χ4n) is 3.01. The van der Waals surface area contributed by atoms with Crippen LogP contribution in [0.3, 0.4) is 0 Å². The molecular weight excluding hydrogens is 584 g/mol. The molecule has 0 aliphatic heterocycles. The van der Waals surface area contributed by atoms with Gasteiger partial charge in [0, 0.05) is 19.7 Å². The number of rotatable bonds is 8. The molecule has 0 aliphatic rings. The van der Waals surface area contributed by atoms with Crippen molar-refractivity contribution in [3.63, 3.8) is 0 Å². The van der Waals surface area contributed by atoms with Gasteiger partial charge in [-0.05, 0) is 73.0 Å². The van der Waals surface area contributed by atoms with Gasteiger partial charge in [0.2, 0.25) is 0 Å². The predicted octanol–water partition coefficient (Wildman–Crippen LogP) is 7.70. The highest BCUT2D eigenvalue weighted by molar-refractivity contribution is 9.10. The Morgan fingerprint density at radius 1 is 1.09 bits per heavy atom. The summed E-state index contributed by atoms with van der Waals surface area (Å²) in [4.78, 5) is 12.8. The van der Waals surface area contributed by atoms with Crippen molar-refractivity contribution in [1.29, 1.82) is 5.26 Å². The van der Waals surface area contributed by atoms with Gasteiger partial charge >= 0.3 is 0 Å². The highest BCUT2D eigenvalue weighted by atomic mass is 79.9. The molecule has 3 rings (SSSR count). The molecule has 0 spiro atoms. The molecule has 1 N–H and O–H groups in total. The number of hydrogen-bond acceptors (Lipinski definition) is 4. The first-order chi connectivity index (χ1) is 16.3. The molecule has 0 saturated carbocycles. The van der Waals surface area contributed by atoms with Gasteiger partial charge in [-0.15, -0.1) is 0 Å². The van der Waals surface area contributed by atoms with Crippen molar-refractivity contribution in [2.45, 2.75) is 20.5 Å². The summed E-state index contributed by atoms with van der Waals surface area (Å²) in [5.74, 6) is 0.525. The van der Waals surface area contributed by atoms with Crippen LogP contribution in [0.25, 0.3) is 6.08 Å². The van der Waals surface area contributed by atoms with Crippen LogP contribution in [0.1, 0.15) is 23.6 Å². The normalized spacial score (nSPS) is 11.0. The van der Waals surface area contributed by atoms with Crippen molar-refractivity contribution in [1.82, 2.24) is 0 Å². The number of halogens is 3. The van der Waals surface area contributed by atoms with Gasteiger partial charge in [0.05, 0.1) is 6.61 Å². The van der Waals surface area contributed by atoms with Crippen LogP contribution in [-0.2, 0) is 11.4 Å². The zero-order valence-electron chi connectivity index (χ0n) is 18.5. The van der Waals surface area contributed by atoms with Gasteiger partial charge < -0.3 is 14.8 Å². The highest BCUT2D eigenvalue weighted by Crippen LogP contribution is 2.35. The van der Waals surface area contributed by atoms with Crippen molar-refractivity contribution in [3.8, 4) is 17.6 Å². The van der Waals surface area contributed by atoms with Crippen LogP contribution in [0.15, 0.2) is 69.1 Å². The van der Waals surface area contributed by atoms with Gasteiger partial charge in [-0.2, -0.15) is 5.26 Å². The molecule has 0 atom stereocenters. The summed E-state index contributed by atoms with van der Waals surface area (Å²) >= 11 is 13.0. The number of ether oxygens (including phenoxy) is 2. The van der Waals surface area contributed by atoms with Crippen LogP contribution in [0.5, 0.6) is 11.5 Å². The van der Waals surface area contributed by atoms with Crippen molar-refractivity contribution >= 4 is 61.1 Å². The third-order valence-electron chi connectivity index (χ3n) is 4.78. The lowest BCUT2D eigenvalue weighted by atomic mass is 10.1. The number of nitrogens with one attached hydrogen (secondary N) is 1. The molecule has 0 aliphatic carbocycles. The largest absolute Gasteiger partial charge is 0.490 e. The zero-order chi connectivity index (χ0) is 24.7. The number of aryl methyl sites for hydroxylation is 1. The standard InChI is InChI=1S/C26H21Br2ClN2O3/c1-3-33-24-11-18(22(28)13-25(24)34-15-17-5-7-20(27)8-6-17)10-19(14-30)26(32)31-23-12-21(29)9-4-16(23)2/h4-13H,3,15H2,1-2H3,(H,31,32)/b19-10+. The molecule has 0 unspecified atom stereocenters. The molecule has 0 heterocycles.